The SMILES string of the molecule is COc1nscc1-c1cccc(N2CCCNC2=O)c1. The minimum atomic E-state index is -0.0381. The van der Waals surface area contributed by atoms with Crippen LogP contribution in [0.1, 0.15) is 6.42 Å². The second kappa shape index (κ2) is 5.50. The van der Waals surface area contributed by atoms with Crippen LogP contribution in [0.5, 0.6) is 5.88 Å². The summed E-state index contributed by atoms with van der Waals surface area (Å²) in [4.78, 5) is 13.7. The normalized spacial score (nSPS) is 15.1. The number of carbonyl (C=O) groups is 1. The summed E-state index contributed by atoms with van der Waals surface area (Å²) in [6, 6.07) is 7.85. The molecule has 104 valence electrons. The summed E-state index contributed by atoms with van der Waals surface area (Å²) in [5.74, 6) is 0.621. The molecule has 0 bridgehead atoms. The Morgan fingerprint density at radius 3 is 3.15 bits per heavy atom. The van der Waals surface area contributed by atoms with Crippen molar-refractivity contribution < 1.29 is 9.53 Å². The van der Waals surface area contributed by atoms with Crippen LogP contribution in [0.15, 0.2) is 29.6 Å². The number of hydrogen-bond donors (Lipinski definition) is 1. The molecule has 1 saturated heterocycles. The van der Waals surface area contributed by atoms with Crippen LogP contribution in [0, 0.1) is 0 Å². The van der Waals surface area contributed by atoms with Gasteiger partial charge in [-0.15, -0.1) is 0 Å². The minimum Gasteiger partial charge on any atom is -0.480 e. The third kappa shape index (κ3) is 2.34. The Morgan fingerprint density at radius 2 is 2.35 bits per heavy atom. The Hall–Kier alpha value is -2.08. The summed E-state index contributed by atoms with van der Waals surface area (Å²) >= 11 is 1.36. The number of urea groups is 1. The van der Waals surface area contributed by atoms with E-state index in [4.69, 9.17) is 4.74 Å². The second-order valence-corrected chi connectivity index (χ2v) is 5.15. The highest BCUT2D eigenvalue weighted by Crippen LogP contribution is 2.33. The molecule has 0 aliphatic carbocycles. The van der Waals surface area contributed by atoms with Gasteiger partial charge in [0.2, 0.25) is 5.88 Å². The minimum absolute atomic E-state index is 0.0381. The van der Waals surface area contributed by atoms with Crippen molar-refractivity contribution in [2.75, 3.05) is 25.1 Å². The molecule has 1 fully saturated rings. The van der Waals surface area contributed by atoms with Gasteiger partial charge in [-0.3, -0.25) is 4.90 Å². The van der Waals surface area contributed by atoms with E-state index in [1.807, 2.05) is 29.6 Å². The predicted octanol–water partition coefficient (Wildman–Crippen LogP) is 2.74. The summed E-state index contributed by atoms with van der Waals surface area (Å²) in [6.45, 7) is 1.49. The van der Waals surface area contributed by atoms with E-state index in [0.717, 1.165) is 36.3 Å². The lowest BCUT2D eigenvalue weighted by Crippen LogP contribution is -2.46. The lowest BCUT2D eigenvalue weighted by atomic mass is 10.1. The van der Waals surface area contributed by atoms with Gasteiger partial charge < -0.3 is 10.1 Å². The molecule has 2 heterocycles. The van der Waals surface area contributed by atoms with Crippen molar-refractivity contribution in [1.82, 2.24) is 9.69 Å². The molecule has 5 nitrogen and oxygen atoms in total. The number of amides is 2. The molecule has 2 amide bonds. The molecule has 0 unspecified atom stereocenters. The second-order valence-electron chi connectivity index (χ2n) is 4.52. The van der Waals surface area contributed by atoms with Crippen molar-refractivity contribution in [2.45, 2.75) is 6.42 Å². The van der Waals surface area contributed by atoms with Crippen LogP contribution in [-0.2, 0) is 0 Å². The first-order valence-corrected chi connectivity index (χ1v) is 7.27. The van der Waals surface area contributed by atoms with Gasteiger partial charge in [0.05, 0.1) is 12.7 Å². The Kier molecular flexibility index (Phi) is 3.56. The first-order valence-electron chi connectivity index (χ1n) is 6.44. The van der Waals surface area contributed by atoms with Crippen molar-refractivity contribution in [3.63, 3.8) is 0 Å². The van der Waals surface area contributed by atoms with Gasteiger partial charge in [0.15, 0.2) is 0 Å². The topological polar surface area (TPSA) is 54.5 Å². The van der Waals surface area contributed by atoms with Crippen LogP contribution in [0.2, 0.25) is 0 Å². The fourth-order valence-electron chi connectivity index (χ4n) is 2.28. The molecule has 1 aliphatic heterocycles. The first kappa shape index (κ1) is 12.9. The molecular formula is C14H15N3O2S. The first-order chi connectivity index (χ1) is 9.79. The van der Waals surface area contributed by atoms with Crippen molar-refractivity contribution in [3.8, 4) is 17.0 Å². The lowest BCUT2D eigenvalue weighted by Gasteiger charge is -2.27. The van der Waals surface area contributed by atoms with Gasteiger partial charge in [-0.1, -0.05) is 12.1 Å². The molecule has 0 spiro atoms. The maximum absolute atomic E-state index is 11.9. The van der Waals surface area contributed by atoms with E-state index in [0.29, 0.717) is 5.88 Å². The van der Waals surface area contributed by atoms with E-state index in [-0.39, 0.29) is 6.03 Å². The van der Waals surface area contributed by atoms with E-state index in [2.05, 4.69) is 9.69 Å². The van der Waals surface area contributed by atoms with E-state index < -0.39 is 0 Å². The fourth-order valence-corrected chi connectivity index (χ4v) is 2.95. The molecule has 1 aliphatic rings. The zero-order valence-electron chi connectivity index (χ0n) is 11.1. The van der Waals surface area contributed by atoms with Crippen LogP contribution in [0.4, 0.5) is 10.5 Å². The van der Waals surface area contributed by atoms with Gasteiger partial charge in [0, 0.05) is 24.2 Å². The Bertz CT molecular complexity index is 626. The molecule has 1 aromatic carbocycles. The maximum atomic E-state index is 11.9. The van der Waals surface area contributed by atoms with Crippen molar-refractivity contribution in [1.29, 1.82) is 0 Å². The smallest absolute Gasteiger partial charge is 0.321 e. The number of nitrogens with zero attached hydrogens (tertiary/aromatic N) is 2. The van der Waals surface area contributed by atoms with Gasteiger partial charge in [-0.25, -0.2) is 4.79 Å². The van der Waals surface area contributed by atoms with Crippen molar-refractivity contribution in [2.24, 2.45) is 0 Å². The van der Waals surface area contributed by atoms with Crippen LogP contribution in [0.25, 0.3) is 11.1 Å². The predicted molar refractivity (Wildman–Crippen MR) is 79.5 cm³/mol. The zero-order chi connectivity index (χ0) is 13.9. The molecule has 1 N–H and O–H groups in total. The number of hydrogen-bond acceptors (Lipinski definition) is 4. The molecule has 3 rings (SSSR count). The van der Waals surface area contributed by atoms with Crippen molar-refractivity contribution >= 4 is 23.3 Å². The van der Waals surface area contributed by atoms with Gasteiger partial charge in [-0.2, -0.15) is 4.37 Å². The fraction of sp³-hybridized carbons (Fsp3) is 0.286. The number of carbonyl (C=O) groups excluding carboxylic acids is 1. The molecule has 6 heteroatoms. The highest BCUT2D eigenvalue weighted by atomic mass is 32.1. The summed E-state index contributed by atoms with van der Waals surface area (Å²) in [6.07, 6.45) is 0.958. The third-order valence-electron chi connectivity index (χ3n) is 3.28. The largest absolute Gasteiger partial charge is 0.480 e. The molecule has 20 heavy (non-hydrogen) atoms. The monoisotopic (exact) mass is 289 g/mol. The maximum Gasteiger partial charge on any atom is 0.321 e. The number of methoxy groups -OCH3 is 1. The average molecular weight is 289 g/mol. The Balaban J connectivity index is 1.95. The van der Waals surface area contributed by atoms with Gasteiger partial charge in [-0.05, 0) is 35.6 Å². The molecule has 0 saturated carbocycles. The Labute approximate surface area is 121 Å². The molecule has 2 aromatic rings. The number of benzene rings is 1. The molecular weight excluding hydrogens is 274 g/mol. The van der Waals surface area contributed by atoms with Crippen LogP contribution >= 0.6 is 11.5 Å². The average Bonchev–Trinajstić information content (AvgIpc) is 2.96. The Morgan fingerprint density at radius 1 is 1.45 bits per heavy atom. The van der Waals surface area contributed by atoms with Crippen molar-refractivity contribution in [3.05, 3.63) is 29.6 Å². The van der Waals surface area contributed by atoms with Crippen LogP contribution in [-0.4, -0.2) is 30.6 Å². The summed E-state index contributed by atoms with van der Waals surface area (Å²) in [5.41, 5.74) is 2.86. The summed E-state index contributed by atoms with van der Waals surface area (Å²) in [7, 11) is 1.61. The molecule has 0 atom stereocenters. The summed E-state index contributed by atoms with van der Waals surface area (Å²) < 4.78 is 9.45. The standard InChI is InChI=1S/C14H15N3O2S/c1-19-13-12(9-20-16-13)10-4-2-5-11(8-10)17-7-3-6-15-14(17)18/h2,4-5,8-9H,3,6-7H2,1H3,(H,15,18). The molecule has 0 radical (unpaired) electrons. The quantitative estimate of drug-likeness (QED) is 0.945. The summed E-state index contributed by atoms with van der Waals surface area (Å²) in [5, 5.41) is 4.81. The van der Waals surface area contributed by atoms with Gasteiger partial charge in [0.25, 0.3) is 0 Å². The number of ether oxygens (including phenoxy) is 1. The number of aromatic nitrogens is 1. The molecule has 1 aromatic heterocycles. The number of nitrogens with one attached hydrogen (secondary N) is 1. The van der Waals surface area contributed by atoms with Gasteiger partial charge in [0.1, 0.15) is 0 Å². The van der Waals surface area contributed by atoms with E-state index >= 15 is 0 Å². The number of rotatable bonds is 3. The van der Waals surface area contributed by atoms with Crippen LogP contribution in [0.3, 0.4) is 0 Å². The van der Waals surface area contributed by atoms with E-state index in [1.165, 1.54) is 11.5 Å². The lowest BCUT2D eigenvalue weighted by molar-refractivity contribution is 0.243. The van der Waals surface area contributed by atoms with Gasteiger partial charge >= 0.3 is 6.03 Å². The zero-order valence-corrected chi connectivity index (χ0v) is 11.9. The third-order valence-corrected chi connectivity index (χ3v) is 3.89. The van der Waals surface area contributed by atoms with E-state index in [9.17, 15) is 4.79 Å². The number of anilines is 1. The highest BCUT2D eigenvalue weighted by Gasteiger charge is 2.20. The highest BCUT2D eigenvalue weighted by molar-refractivity contribution is 7.04. The van der Waals surface area contributed by atoms with Crippen LogP contribution < -0.4 is 15.0 Å². The van der Waals surface area contributed by atoms with E-state index in [1.54, 1.807) is 12.0 Å².